The van der Waals surface area contributed by atoms with Crippen molar-refractivity contribution in [2.75, 3.05) is 13.7 Å². The lowest BCUT2D eigenvalue weighted by Gasteiger charge is -2.12. The van der Waals surface area contributed by atoms with E-state index in [1.165, 1.54) is 25.3 Å². The van der Waals surface area contributed by atoms with Crippen LogP contribution in [0, 0.1) is 0 Å². The highest BCUT2D eigenvalue weighted by Crippen LogP contribution is 2.26. The predicted molar refractivity (Wildman–Crippen MR) is 64.9 cm³/mol. The number of aliphatic hydroxyl groups is 1. The molecule has 0 fully saturated rings. The fourth-order valence-electron chi connectivity index (χ4n) is 1.18. The molecule has 0 aromatic heterocycles. The maximum absolute atomic E-state index is 11.8. The second kappa shape index (κ2) is 5.68. The van der Waals surface area contributed by atoms with Crippen molar-refractivity contribution in [2.45, 2.75) is 17.9 Å². The summed E-state index contributed by atoms with van der Waals surface area (Å²) in [5, 5.41) is 9.02. The van der Waals surface area contributed by atoms with Gasteiger partial charge in [0.2, 0.25) is 10.0 Å². The van der Waals surface area contributed by atoms with E-state index in [1.54, 1.807) is 6.92 Å². The molecule has 0 heterocycles. The smallest absolute Gasteiger partial charge is 0.240 e. The first-order chi connectivity index (χ1) is 7.90. The van der Waals surface area contributed by atoms with Crippen molar-refractivity contribution in [3.63, 3.8) is 0 Å². The zero-order valence-corrected chi connectivity index (χ0v) is 11.0. The third-order valence-corrected chi connectivity index (χ3v) is 3.95. The lowest BCUT2D eigenvalue weighted by molar-refractivity contribution is 0.265. The van der Waals surface area contributed by atoms with Gasteiger partial charge in [-0.1, -0.05) is 11.6 Å². The molecule has 0 aliphatic rings. The summed E-state index contributed by atoms with van der Waals surface area (Å²) in [4.78, 5) is 0.0311. The first kappa shape index (κ1) is 14.2. The van der Waals surface area contributed by atoms with E-state index >= 15 is 0 Å². The third kappa shape index (κ3) is 3.57. The topological polar surface area (TPSA) is 75.6 Å². The van der Waals surface area contributed by atoms with Crippen LogP contribution in [0.3, 0.4) is 0 Å². The fourth-order valence-corrected chi connectivity index (χ4v) is 2.77. The summed E-state index contributed by atoms with van der Waals surface area (Å²) < 4.78 is 30.9. The van der Waals surface area contributed by atoms with Gasteiger partial charge in [-0.15, -0.1) is 0 Å². The van der Waals surface area contributed by atoms with E-state index in [0.717, 1.165) is 0 Å². The normalized spacial score (nSPS) is 13.4. The average Bonchev–Trinajstić information content (AvgIpc) is 2.28. The maximum Gasteiger partial charge on any atom is 0.240 e. The standard InChI is InChI=1S/C10H14ClNO4S/c1-7(6-13)12-17(14,15)8-3-4-10(16-2)9(11)5-8/h3-5,7,12-13H,6H2,1-2H3/t7-/m0/s1. The van der Waals surface area contributed by atoms with Gasteiger partial charge in [0.15, 0.2) is 0 Å². The number of hydrogen-bond acceptors (Lipinski definition) is 4. The third-order valence-electron chi connectivity index (χ3n) is 2.06. The molecule has 96 valence electrons. The second-order valence-electron chi connectivity index (χ2n) is 3.50. The SMILES string of the molecule is COc1ccc(S(=O)(=O)N[C@@H](C)CO)cc1Cl. The molecule has 0 aliphatic heterocycles. The van der Waals surface area contributed by atoms with Crippen LogP contribution >= 0.6 is 11.6 Å². The van der Waals surface area contributed by atoms with Crippen LogP contribution < -0.4 is 9.46 Å². The number of aliphatic hydroxyl groups excluding tert-OH is 1. The number of ether oxygens (including phenoxy) is 1. The molecule has 2 N–H and O–H groups in total. The molecule has 0 radical (unpaired) electrons. The van der Waals surface area contributed by atoms with E-state index in [9.17, 15) is 8.42 Å². The van der Waals surface area contributed by atoms with Crippen molar-refractivity contribution in [1.29, 1.82) is 0 Å². The molecular weight excluding hydrogens is 266 g/mol. The van der Waals surface area contributed by atoms with Crippen molar-refractivity contribution < 1.29 is 18.3 Å². The molecular formula is C10H14ClNO4S. The van der Waals surface area contributed by atoms with Crippen LogP contribution in [0.1, 0.15) is 6.92 Å². The molecule has 0 amide bonds. The molecule has 5 nitrogen and oxygen atoms in total. The van der Waals surface area contributed by atoms with Crippen molar-refractivity contribution in [1.82, 2.24) is 4.72 Å². The Morgan fingerprint density at radius 1 is 1.53 bits per heavy atom. The van der Waals surface area contributed by atoms with E-state index in [-0.39, 0.29) is 16.5 Å². The number of hydrogen-bond donors (Lipinski definition) is 2. The van der Waals surface area contributed by atoms with E-state index in [0.29, 0.717) is 5.75 Å². The summed E-state index contributed by atoms with van der Waals surface area (Å²) in [7, 11) is -2.22. The molecule has 1 aromatic carbocycles. The minimum Gasteiger partial charge on any atom is -0.495 e. The zero-order chi connectivity index (χ0) is 13.1. The average molecular weight is 280 g/mol. The monoisotopic (exact) mass is 279 g/mol. The lowest BCUT2D eigenvalue weighted by atomic mass is 10.3. The largest absolute Gasteiger partial charge is 0.495 e. The number of rotatable bonds is 5. The molecule has 7 heteroatoms. The zero-order valence-electron chi connectivity index (χ0n) is 9.47. The van der Waals surface area contributed by atoms with Gasteiger partial charge in [0.05, 0.1) is 23.6 Å². The summed E-state index contributed by atoms with van der Waals surface area (Å²) >= 11 is 5.84. The van der Waals surface area contributed by atoms with E-state index < -0.39 is 16.1 Å². The van der Waals surface area contributed by atoms with Crippen LogP contribution in [-0.4, -0.2) is 33.3 Å². The number of nitrogens with one attached hydrogen (secondary N) is 1. The van der Waals surface area contributed by atoms with Gasteiger partial charge >= 0.3 is 0 Å². The molecule has 1 rings (SSSR count). The molecule has 0 spiro atoms. The van der Waals surface area contributed by atoms with Crippen molar-refractivity contribution in [2.24, 2.45) is 0 Å². The van der Waals surface area contributed by atoms with Gasteiger partial charge in [0.25, 0.3) is 0 Å². The Labute approximate surface area is 105 Å². The van der Waals surface area contributed by atoms with Gasteiger partial charge in [-0.25, -0.2) is 13.1 Å². The summed E-state index contributed by atoms with van der Waals surface area (Å²) in [5.41, 5.74) is 0. The molecule has 1 aromatic rings. The summed E-state index contributed by atoms with van der Waals surface area (Å²) in [5.74, 6) is 0.404. The van der Waals surface area contributed by atoms with E-state index in [2.05, 4.69) is 4.72 Å². The van der Waals surface area contributed by atoms with Crippen LogP contribution in [0.2, 0.25) is 5.02 Å². The molecule has 0 saturated carbocycles. The van der Waals surface area contributed by atoms with Crippen LogP contribution in [0.4, 0.5) is 0 Å². The summed E-state index contributed by atoms with van der Waals surface area (Å²) in [6.07, 6.45) is 0. The number of methoxy groups -OCH3 is 1. The number of sulfonamides is 1. The Bertz CT molecular complexity index is 489. The van der Waals surface area contributed by atoms with Gasteiger partial charge in [-0.3, -0.25) is 0 Å². The van der Waals surface area contributed by atoms with Crippen molar-refractivity contribution in [3.05, 3.63) is 23.2 Å². The van der Waals surface area contributed by atoms with Crippen LogP contribution in [0.5, 0.6) is 5.75 Å². The van der Waals surface area contributed by atoms with Crippen LogP contribution in [-0.2, 0) is 10.0 Å². The minimum atomic E-state index is -3.67. The van der Waals surface area contributed by atoms with Crippen LogP contribution in [0.15, 0.2) is 23.1 Å². The molecule has 17 heavy (non-hydrogen) atoms. The molecule has 0 aliphatic carbocycles. The van der Waals surface area contributed by atoms with Gasteiger partial charge in [0, 0.05) is 6.04 Å². The van der Waals surface area contributed by atoms with Gasteiger partial charge in [-0.2, -0.15) is 0 Å². The Kier molecular flexibility index (Phi) is 4.76. The first-order valence-corrected chi connectivity index (χ1v) is 6.73. The highest BCUT2D eigenvalue weighted by atomic mass is 35.5. The minimum absolute atomic E-state index is 0.0311. The van der Waals surface area contributed by atoms with Gasteiger partial charge in [0.1, 0.15) is 5.75 Å². The second-order valence-corrected chi connectivity index (χ2v) is 5.62. The van der Waals surface area contributed by atoms with Crippen molar-refractivity contribution in [3.8, 4) is 5.75 Å². The Morgan fingerprint density at radius 2 is 2.18 bits per heavy atom. The first-order valence-electron chi connectivity index (χ1n) is 4.87. The van der Waals surface area contributed by atoms with Crippen LogP contribution in [0.25, 0.3) is 0 Å². The Morgan fingerprint density at radius 3 is 2.65 bits per heavy atom. The van der Waals surface area contributed by atoms with E-state index in [4.69, 9.17) is 21.4 Å². The fraction of sp³-hybridized carbons (Fsp3) is 0.400. The molecule has 0 saturated heterocycles. The molecule has 1 atom stereocenters. The molecule has 0 unspecified atom stereocenters. The van der Waals surface area contributed by atoms with Gasteiger partial charge in [-0.05, 0) is 25.1 Å². The Hall–Kier alpha value is -0.820. The Balaban J connectivity index is 3.04. The molecule has 0 bridgehead atoms. The number of benzene rings is 1. The lowest BCUT2D eigenvalue weighted by Crippen LogP contribution is -2.34. The predicted octanol–water partition coefficient (Wildman–Crippen LogP) is 1.01. The number of halogens is 1. The summed E-state index contributed by atoms with van der Waals surface area (Å²) in [6, 6.07) is 3.60. The maximum atomic E-state index is 11.8. The highest BCUT2D eigenvalue weighted by molar-refractivity contribution is 7.89. The van der Waals surface area contributed by atoms with Crippen molar-refractivity contribution >= 4 is 21.6 Å². The summed E-state index contributed by atoms with van der Waals surface area (Å²) in [6.45, 7) is 1.28. The highest BCUT2D eigenvalue weighted by Gasteiger charge is 2.18. The quantitative estimate of drug-likeness (QED) is 0.843. The van der Waals surface area contributed by atoms with E-state index in [1.807, 2.05) is 0 Å². The van der Waals surface area contributed by atoms with Gasteiger partial charge < -0.3 is 9.84 Å².